The molecule has 1 saturated carbocycles. The Bertz CT molecular complexity index is 376. The fraction of sp³-hybridized carbons (Fsp3) is 0.571. The van der Waals surface area contributed by atoms with Crippen molar-refractivity contribution in [3.63, 3.8) is 0 Å². The second-order valence-electron chi connectivity index (χ2n) is 5.04. The smallest absolute Gasteiger partial charge is 0.254 e. The molecule has 0 aromatic heterocycles. The van der Waals surface area contributed by atoms with Gasteiger partial charge in [0.2, 0.25) is 0 Å². The van der Waals surface area contributed by atoms with E-state index in [0.717, 1.165) is 19.3 Å². The van der Waals surface area contributed by atoms with Gasteiger partial charge in [0, 0.05) is 12.8 Å². The maximum absolute atomic E-state index is 12.8. The molecule has 0 atom stereocenters. The summed E-state index contributed by atoms with van der Waals surface area (Å²) in [6, 6.07) is 7.42. The van der Waals surface area contributed by atoms with Crippen LogP contribution in [0, 0.1) is 0 Å². The van der Waals surface area contributed by atoms with Gasteiger partial charge in [-0.25, -0.2) is 8.78 Å². The van der Waals surface area contributed by atoms with Crippen LogP contribution in [0.25, 0.3) is 0 Å². The Hall–Kier alpha value is -0.960. The van der Waals surface area contributed by atoms with E-state index >= 15 is 0 Å². The van der Waals surface area contributed by atoms with Crippen molar-refractivity contribution in [2.24, 2.45) is 0 Å². The molecule has 0 radical (unpaired) electrons. The monoisotopic (exact) mass is 240 g/mol. The SMILES string of the molecule is CCCCc1ccc(C2(O)CC(F)(F)C2)cc1. The molecule has 1 nitrogen and oxygen atoms in total. The molecule has 1 aromatic rings. The van der Waals surface area contributed by atoms with Gasteiger partial charge in [-0.3, -0.25) is 0 Å². The van der Waals surface area contributed by atoms with Gasteiger partial charge in [0.05, 0.1) is 0 Å². The van der Waals surface area contributed by atoms with E-state index in [0.29, 0.717) is 5.56 Å². The summed E-state index contributed by atoms with van der Waals surface area (Å²) in [5.74, 6) is -2.70. The van der Waals surface area contributed by atoms with E-state index < -0.39 is 24.4 Å². The Balaban J connectivity index is 2.04. The number of rotatable bonds is 4. The number of benzene rings is 1. The molecule has 1 aromatic carbocycles. The van der Waals surface area contributed by atoms with Gasteiger partial charge in [0.1, 0.15) is 5.60 Å². The fourth-order valence-electron chi connectivity index (χ4n) is 2.37. The quantitative estimate of drug-likeness (QED) is 0.851. The van der Waals surface area contributed by atoms with Crippen LogP contribution in [0.15, 0.2) is 24.3 Å². The molecule has 0 aliphatic heterocycles. The first-order chi connectivity index (χ1) is 7.95. The number of hydrogen-bond donors (Lipinski definition) is 1. The van der Waals surface area contributed by atoms with Crippen molar-refractivity contribution in [2.45, 2.75) is 50.6 Å². The highest BCUT2D eigenvalue weighted by molar-refractivity contribution is 5.30. The molecule has 0 unspecified atom stereocenters. The average molecular weight is 240 g/mol. The maximum atomic E-state index is 12.8. The topological polar surface area (TPSA) is 20.2 Å². The molecule has 0 amide bonds. The lowest BCUT2D eigenvalue weighted by atomic mass is 9.72. The first-order valence-corrected chi connectivity index (χ1v) is 6.15. The van der Waals surface area contributed by atoms with Crippen LogP contribution in [0.1, 0.15) is 43.7 Å². The summed E-state index contributed by atoms with van der Waals surface area (Å²) in [6.45, 7) is 2.13. The Morgan fingerprint density at radius 3 is 2.24 bits per heavy atom. The normalized spacial score (nSPS) is 20.9. The lowest BCUT2D eigenvalue weighted by Gasteiger charge is -2.43. The predicted molar refractivity (Wildman–Crippen MR) is 63.1 cm³/mol. The van der Waals surface area contributed by atoms with E-state index in [1.54, 1.807) is 12.1 Å². The molecule has 0 saturated heterocycles. The standard InChI is InChI=1S/C14H18F2O/c1-2-3-4-11-5-7-12(8-6-11)13(17)9-14(15,16)10-13/h5-8,17H,2-4,9-10H2,1H3. The maximum Gasteiger partial charge on any atom is 0.254 e. The van der Waals surface area contributed by atoms with Crippen LogP contribution in [0.2, 0.25) is 0 Å². The van der Waals surface area contributed by atoms with E-state index in [-0.39, 0.29) is 0 Å². The predicted octanol–water partition coefficient (Wildman–Crippen LogP) is 3.65. The van der Waals surface area contributed by atoms with Crippen LogP contribution in [0.3, 0.4) is 0 Å². The van der Waals surface area contributed by atoms with Crippen LogP contribution in [-0.4, -0.2) is 11.0 Å². The molecule has 1 aliphatic carbocycles. The highest BCUT2D eigenvalue weighted by Crippen LogP contribution is 2.51. The molecular formula is C14H18F2O. The molecule has 17 heavy (non-hydrogen) atoms. The number of aliphatic hydroxyl groups is 1. The van der Waals surface area contributed by atoms with Crippen molar-refractivity contribution in [3.05, 3.63) is 35.4 Å². The van der Waals surface area contributed by atoms with Gasteiger partial charge in [0.15, 0.2) is 0 Å². The van der Waals surface area contributed by atoms with E-state index in [2.05, 4.69) is 6.92 Å². The van der Waals surface area contributed by atoms with E-state index in [9.17, 15) is 13.9 Å². The van der Waals surface area contributed by atoms with Gasteiger partial charge < -0.3 is 5.11 Å². The van der Waals surface area contributed by atoms with Gasteiger partial charge >= 0.3 is 0 Å². The zero-order valence-corrected chi connectivity index (χ0v) is 10.0. The summed E-state index contributed by atoms with van der Waals surface area (Å²) in [5, 5.41) is 10.0. The number of hydrogen-bond acceptors (Lipinski definition) is 1. The molecule has 0 spiro atoms. The van der Waals surface area contributed by atoms with Crippen molar-refractivity contribution in [3.8, 4) is 0 Å². The fourth-order valence-corrected chi connectivity index (χ4v) is 2.37. The van der Waals surface area contributed by atoms with E-state index in [1.165, 1.54) is 5.56 Å². The van der Waals surface area contributed by atoms with E-state index in [1.807, 2.05) is 12.1 Å². The van der Waals surface area contributed by atoms with Crippen molar-refractivity contribution in [1.82, 2.24) is 0 Å². The Morgan fingerprint density at radius 2 is 1.76 bits per heavy atom. The third-order valence-electron chi connectivity index (χ3n) is 3.41. The largest absolute Gasteiger partial charge is 0.385 e. The third-order valence-corrected chi connectivity index (χ3v) is 3.41. The number of unbranched alkanes of at least 4 members (excludes halogenated alkanes) is 1. The minimum atomic E-state index is -2.70. The summed E-state index contributed by atoms with van der Waals surface area (Å²) in [6.07, 6.45) is 2.37. The molecule has 0 heterocycles. The number of halogens is 2. The highest BCUT2D eigenvalue weighted by Gasteiger charge is 2.56. The Kier molecular flexibility index (Phi) is 3.21. The second kappa shape index (κ2) is 4.37. The first kappa shape index (κ1) is 12.5. The molecule has 2 rings (SSSR count). The van der Waals surface area contributed by atoms with Crippen molar-refractivity contribution >= 4 is 0 Å². The molecular weight excluding hydrogens is 222 g/mol. The summed E-state index contributed by atoms with van der Waals surface area (Å²) in [5.41, 5.74) is 0.501. The van der Waals surface area contributed by atoms with Crippen LogP contribution < -0.4 is 0 Å². The van der Waals surface area contributed by atoms with Gasteiger partial charge in [0.25, 0.3) is 5.92 Å². The van der Waals surface area contributed by atoms with Crippen LogP contribution in [-0.2, 0) is 12.0 Å². The highest BCUT2D eigenvalue weighted by atomic mass is 19.3. The van der Waals surface area contributed by atoms with Gasteiger partial charge in [-0.05, 0) is 24.0 Å². The molecule has 1 N–H and O–H groups in total. The first-order valence-electron chi connectivity index (χ1n) is 6.15. The number of alkyl halides is 2. The van der Waals surface area contributed by atoms with Crippen LogP contribution in [0.4, 0.5) is 8.78 Å². The summed E-state index contributed by atoms with van der Waals surface area (Å²) < 4.78 is 25.6. The van der Waals surface area contributed by atoms with Crippen molar-refractivity contribution in [2.75, 3.05) is 0 Å². The average Bonchev–Trinajstić information content (AvgIpc) is 2.24. The molecule has 1 fully saturated rings. The van der Waals surface area contributed by atoms with Crippen LogP contribution >= 0.6 is 0 Å². The third kappa shape index (κ3) is 2.65. The van der Waals surface area contributed by atoms with Crippen LogP contribution in [0.5, 0.6) is 0 Å². The lowest BCUT2D eigenvalue weighted by molar-refractivity contribution is -0.210. The Morgan fingerprint density at radius 1 is 1.18 bits per heavy atom. The Labute approximate surface area is 100 Å². The van der Waals surface area contributed by atoms with E-state index in [4.69, 9.17) is 0 Å². The zero-order valence-electron chi connectivity index (χ0n) is 10.0. The molecule has 0 bridgehead atoms. The van der Waals surface area contributed by atoms with Gasteiger partial charge in [-0.1, -0.05) is 37.6 Å². The summed E-state index contributed by atoms with van der Waals surface area (Å²) in [7, 11) is 0. The van der Waals surface area contributed by atoms with Gasteiger partial charge in [-0.15, -0.1) is 0 Å². The number of aryl methyl sites for hydroxylation is 1. The molecule has 1 aliphatic rings. The van der Waals surface area contributed by atoms with Crippen molar-refractivity contribution in [1.29, 1.82) is 0 Å². The second-order valence-corrected chi connectivity index (χ2v) is 5.04. The van der Waals surface area contributed by atoms with Crippen molar-refractivity contribution < 1.29 is 13.9 Å². The summed E-state index contributed by atoms with van der Waals surface area (Å²) >= 11 is 0. The minimum absolute atomic E-state index is 0.450. The minimum Gasteiger partial charge on any atom is -0.385 e. The van der Waals surface area contributed by atoms with Gasteiger partial charge in [-0.2, -0.15) is 0 Å². The lowest BCUT2D eigenvalue weighted by Crippen LogP contribution is -2.49. The molecule has 94 valence electrons. The molecule has 3 heteroatoms. The summed E-state index contributed by atoms with van der Waals surface area (Å²) in [4.78, 5) is 0. The zero-order chi connectivity index (χ0) is 12.5.